The van der Waals surface area contributed by atoms with Crippen molar-refractivity contribution in [1.82, 2.24) is 5.32 Å². The molecule has 2 aromatic rings. The highest BCUT2D eigenvalue weighted by Gasteiger charge is 2.79. The molecule has 0 aromatic heterocycles. The van der Waals surface area contributed by atoms with Crippen molar-refractivity contribution < 1.29 is 75.9 Å². The molecule has 1 saturated heterocycles. The molecule has 3 aliphatic carbocycles. The molecule has 5 aliphatic rings. The summed E-state index contributed by atoms with van der Waals surface area (Å²) in [5, 5.41) is 17.7. The molecular weight excluding hydrogens is 1080 g/mol. The normalized spacial score (nSPS) is 30.7. The van der Waals surface area contributed by atoms with Crippen molar-refractivity contribution in [2.45, 2.75) is 231 Å². The number of rotatable bonds is 15. The Morgan fingerprint density at radius 3 is 2.07 bits per heavy atom. The van der Waals surface area contributed by atoms with Crippen molar-refractivity contribution >= 4 is 58.5 Å². The highest BCUT2D eigenvalue weighted by Crippen LogP contribution is 2.65. The van der Waals surface area contributed by atoms with Crippen molar-refractivity contribution in [1.29, 1.82) is 0 Å². The van der Waals surface area contributed by atoms with E-state index in [0.717, 1.165) is 0 Å². The third-order valence-corrected chi connectivity index (χ3v) is 29.9. The Kier molecular flexibility index (Phi) is 18.9. The van der Waals surface area contributed by atoms with E-state index < -0.39 is 135 Å². The summed E-state index contributed by atoms with van der Waals surface area (Å²) in [7, 11) is -4.41. The number of fused-ring (bicyclic) bond motifs is 3. The van der Waals surface area contributed by atoms with E-state index >= 15 is 19.2 Å². The first-order valence-corrected chi connectivity index (χ1v) is 34.1. The number of amides is 1. The zero-order valence-electron chi connectivity index (χ0n) is 51.6. The maximum Gasteiger partial charge on any atom is 0.408 e. The fraction of sp³-hybridized carbons (Fsp3) is 0.651. The topological polar surface area (TPSA) is 218 Å². The van der Waals surface area contributed by atoms with Gasteiger partial charge in [0.2, 0.25) is 8.32 Å². The van der Waals surface area contributed by atoms with E-state index in [0.29, 0.717) is 35.0 Å². The molecule has 11 atom stereocenters. The first-order valence-electron chi connectivity index (χ1n) is 29.4. The Bertz CT molecular complexity index is 2780. The van der Waals surface area contributed by atoms with Gasteiger partial charge in [0.25, 0.3) is 0 Å². The van der Waals surface area contributed by atoms with E-state index in [2.05, 4.69) is 67.6 Å². The molecule has 7 rings (SSSR count). The van der Waals surface area contributed by atoms with Crippen LogP contribution >= 0.6 is 0 Å². The van der Waals surface area contributed by atoms with E-state index in [1.807, 2.05) is 0 Å². The van der Waals surface area contributed by atoms with Crippen molar-refractivity contribution in [2.75, 3.05) is 13.7 Å². The molecule has 0 unspecified atom stereocenters. The van der Waals surface area contributed by atoms with Gasteiger partial charge in [0.05, 0.1) is 49.2 Å². The maximum absolute atomic E-state index is 16.9. The summed E-state index contributed by atoms with van der Waals surface area (Å²) in [5.74, 6) is -5.17. The molecule has 0 radical (unpaired) electrons. The largest absolute Gasteiger partial charge is 0.497 e. The van der Waals surface area contributed by atoms with Gasteiger partial charge in [0, 0.05) is 25.2 Å². The van der Waals surface area contributed by atoms with Crippen LogP contribution in [0.3, 0.4) is 0 Å². The Labute approximate surface area is 487 Å². The second-order valence-corrected chi connectivity index (χ2v) is 36.1. The average molecular weight is 1170 g/mol. The highest BCUT2D eigenvalue weighted by molar-refractivity contribution is 6.77. The molecule has 1 amide bonds. The number of benzene rings is 2. The fourth-order valence-corrected chi connectivity index (χ4v) is 23.1. The number of aliphatic hydroxyl groups is 1. The van der Waals surface area contributed by atoms with Crippen molar-refractivity contribution in [3.63, 3.8) is 0 Å². The molecule has 2 heterocycles. The fourth-order valence-electron chi connectivity index (χ4n) is 14.7. The standard InChI is InChI=1S/C63H91NO16Si2/c1-19-81(20-2,21-3)79-46-33-47-62(35-73-47)53-55(76-56(68)42-28-24-29-43(32-42)72-18)63(71)34-45(39(10)49(60(63,15)16)51(74-40(11)65)54(67)61(46,53)17)75-57(69)52(80-82(36(4)5,37(6)7)38(8)9)50(64-58(70)78-59(12,13)14)44-30-23-22-26-41(44)27-25-31-48(66)77-62/h22-30,32,36-38,45-47,50-53,55,71H,19-21,31,33-35H2,1-18H3,(H,64,70)/b27-25+/t45-,46-,47+,50-,51+,52+,53-,55-,61+,62-,63+/m0/s1. The van der Waals surface area contributed by atoms with Crippen LogP contribution in [0.4, 0.5) is 4.79 Å². The summed E-state index contributed by atoms with van der Waals surface area (Å²) in [6, 6.07) is 14.2. The minimum Gasteiger partial charge on any atom is -0.497 e. The molecule has 3 fully saturated rings. The van der Waals surface area contributed by atoms with Gasteiger partial charge in [-0.1, -0.05) is 119 Å². The van der Waals surface area contributed by atoms with Crippen LogP contribution in [-0.4, -0.2) is 125 Å². The number of esters is 4. The van der Waals surface area contributed by atoms with E-state index in [1.165, 1.54) is 26.2 Å². The summed E-state index contributed by atoms with van der Waals surface area (Å²) in [6.07, 6.45) is -6.86. The number of nitrogens with one attached hydrogen (secondary N) is 1. The molecule has 2 aromatic carbocycles. The van der Waals surface area contributed by atoms with Crippen LogP contribution in [0.2, 0.25) is 34.8 Å². The second-order valence-electron chi connectivity index (χ2n) is 26.0. The number of ether oxygens (including phenoxy) is 7. The van der Waals surface area contributed by atoms with Gasteiger partial charge < -0.3 is 52.4 Å². The number of alkyl carbamates (subject to hydrolysis) is 1. The molecule has 1 spiro atoms. The van der Waals surface area contributed by atoms with Gasteiger partial charge in [-0.3, -0.25) is 14.4 Å². The summed E-state index contributed by atoms with van der Waals surface area (Å²) in [4.78, 5) is 91.6. The number of methoxy groups -OCH3 is 1. The molecule has 17 nitrogen and oxygen atoms in total. The number of hydrogen-bond donors (Lipinski definition) is 2. The van der Waals surface area contributed by atoms with E-state index in [-0.39, 0.29) is 52.8 Å². The van der Waals surface area contributed by atoms with Gasteiger partial charge >= 0.3 is 30.0 Å². The summed E-state index contributed by atoms with van der Waals surface area (Å²) < 4.78 is 60.0. The molecule has 2 N–H and O–H groups in total. The maximum atomic E-state index is 16.9. The smallest absolute Gasteiger partial charge is 0.408 e. The van der Waals surface area contributed by atoms with Gasteiger partial charge in [-0.05, 0) is 110 Å². The number of ketones is 1. The lowest BCUT2D eigenvalue weighted by Crippen LogP contribution is -2.82. The molecule has 2 aliphatic heterocycles. The molecular formula is C63H91NO16Si2. The monoisotopic (exact) mass is 1170 g/mol. The lowest BCUT2D eigenvalue weighted by molar-refractivity contribution is -0.345. The predicted molar refractivity (Wildman–Crippen MR) is 314 cm³/mol. The lowest BCUT2D eigenvalue weighted by Gasteiger charge is -2.68. The van der Waals surface area contributed by atoms with Crippen LogP contribution in [-0.2, 0) is 56.5 Å². The minimum atomic E-state index is -3.16. The highest BCUT2D eigenvalue weighted by atomic mass is 28.4. The Morgan fingerprint density at radius 2 is 1.51 bits per heavy atom. The Balaban J connectivity index is 1.61. The first kappa shape index (κ1) is 64.4. The number of Topliss-reactive ketones (excluding diaryl/α,β-unsaturated/α-hetero) is 1. The zero-order chi connectivity index (χ0) is 60.9. The van der Waals surface area contributed by atoms with Crippen LogP contribution < -0.4 is 10.1 Å². The van der Waals surface area contributed by atoms with Crippen LogP contribution in [0.1, 0.15) is 164 Å². The zero-order valence-corrected chi connectivity index (χ0v) is 53.6. The van der Waals surface area contributed by atoms with Gasteiger partial charge in [0.15, 0.2) is 31.9 Å². The van der Waals surface area contributed by atoms with Crippen LogP contribution in [0, 0.1) is 16.7 Å². The predicted octanol–water partition coefficient (Wildman–Crippen LogP) is 11.5. The first-order chi connectivity index (χ1) is 38.3. The van der Waals surface area contributed by atoms with Gasteiger partial charge in [0.1, 0.15) is 35.3 Å². The van der Waals surface area contributed by atoms with Crippen LogP contribution in [0.25, 0.3) is 6.08 Å². The number of carbonyl (C=O) groups is 6. The van der Waals surface area contributed by atoms with Crippen molar-refractivity contribution in [3.05, 3.63) is 82.4 Å². The van der Waals surface area contributed by atoms with E-state index in [9.17, 15) is 14.7 Å². The Morgan fingerprint density at radius 1 is 0.878 bits per heavy atom. The molecule has 19 heteroatoms. The van der Waals surface area contributed by atoms with E-state index in [1.54, 1.807) is 97.0 Å². The Hall–Kier alpha value is -5.19. The summed E-state index contributed by atoms with van der Waals surface area (Å²) >= 11 is 0. The lowest BCUT2D eigenvalue weighted by atomic mass is 9.44. The SMILES string of the molecule is CC[Si](CC)(CC)O[C@H]1C[C@H]2OC[C@]23OC(=O)C/C=C/c2ccccc2[C@H](NC(=O)OC(C)(C)C)[C@@H](O[Si](C(C)C)(C(C)C)C(C)C)C(=O)O[C@H]2C[C@@]4(O)[C@@H](OC(=O)c5cccc(OC)c5)[C@H]3[C@]1(C)C(=O)[C@H](OC(C)=O)C(=C2C)C4(C)C. The van der Waals surface area contributed by atoms with Crippen molar-refractivity contribution in [3.8, 4) is 5.75 Å². The van der Waals surface area contributed by atoms with Gasteiger partial charge in [-0.15, -0.1) is 0 Å². The summed E-state index contributed by atoms with van der Waals surface area (Å²) in [5.41, 5.74) is -7.54. The average Bonchev–Trinajstić information content (AvgIpc) is 2.74. The quantitative estimate of drug-likeness (QED) is 0.0733. The number of carbonyl (C=O) groups excluding carboxylic acids is 6. The van der Waals surface area contributed by atoms with Gasteiger partial charge in [-0.25, -0.2) is 14.4 Å². The minimum absolute atomic E-state index is 0.0459. The van der Waals surface area contributed by atoms with Crippen LogP contribution in [0.5, 0.6) is 5.75 Å². The third-order valence-electron chi connectivity index (χ3n) is 19.2. The summed E-state index contributed by atoms with van der Waals surface area (Å²) in [6.45, 7) is 31.4. The third kappa shape index (κ3) is 11.4. The van der Waals surface area contributed by atoms with Gasteiger partial charge in [-0.2, -0.15) is 0 Å². The van der Waals surface area contributed by atoms with E-state index in [4.69, 9.17) is 42.0 Å². The molecule has 82 heavy (non-hydrogen) atoms. The number of hydrogen-bond acceptors (Lipinski definition) is 16. The van der Waals surface area contributed by atoms with Crippen molar-refractivity contribution in [2.24, 2.45) is 16.7 Å². The molecule has 2 saturated carbocycles. The molecule has 452 valence electrons. The van der Waals surface area contributed by atoms with Crippen LogP contribution in [0.15, 0.2) is 65.8 Å². The second kappa shape index (κ2) is 24.1. The molecule has 4 bridgehead atoms.